The van der Waals surface area contributed by atoms with E-state index in [1.165, 1.54) is 13.8 Å². The fourth-order valence-electron chi connectivity index (χ4n) is 5.18. The Bertz CT molecular complexity index is 2130. The highest BCUT2D eigenvalue weighted by atomic mass is 35.5. The highest BCUT2D eigenvalue weighted by Crippen LogP contribution is 2.33. The number of amides is 2. The molecule has 0 bridgehead atoms. The number of benzene rings is 4. The molecule has 0 fully saturated rings. The van der Waals surface area contributed by atoms with E-state index in [9.17, 15) is 29.4 Å². The van der Waals surface area contributed by atoms with E-state index in [0.717, 1.165) is 11.1 Å². The summed E-state index contributed by atoms with van der Waals surface area (Å²) in [6.07, 6.45) is -1.44. The lowest BCUT2D eigenvalue weighted by atomic mass is 9.91. The maximum Gasteiger partial charge on any atom is 0.309 e. The van der Waals surface area contributed by atoms with Crippen LogP contribution in [-0.4, -0.2) is 57.6 Å². The lowest BCUT2D eigenvalue weighted by Crippen LogP contribution is -2.40. The van der Waals surface area contributed by atoms with E-state index in [-0.39, 0.29) is 31.1 Å². The van der Waals surface area contributed by atoms with Gasteiger partial charge in [-0.15, -0.1) is 0 Å². The van der Waals surface area contributed by atoms with Crippen LogP contribution < -0.4 is 16.6 Å². The number of carboxylic acid groups (broad SMARTS) is 1. The Morgan fingerprint density at radius 3 is 1.46 bits per heavy atom. The van der Waals surface area contributed by atoms with Crippen LogP contribution in [0.1, 0.15) is 56.8 Å². The number of aliphatic carboxylic acids is 1. The number of nitrogens with two attached hydrogens (primary N) is 1. The number of hydrogen-bond acceptors (Lipinski definition) is 7. The first-order valence-electron chi connectivity index (χ1n) is 17.1. The number of aliphatic hydroxyl groups excluding tert-OH is 2. The molecule has 12 nitrogen and oxygen atoms in total. The monoisotopic (exact) mass is 855 g/mol. The smallest absolute Gasteiger partial charge is 0.309 e. The molecule has 2 amide bonds. The predicted molar refractivity (Wildman–Crippen MR) is 222 cm³/mol. The maximum atomic E-state index is 12.6. The second-order valence-electron chi connectivity index (χ2n) is 12.7. The fraction of sp³-hybridized carbons (Fsp3) is 0.268. The number of aliphatic hydroxyl groups is 2. The molecule has 4 atom stereocenters. The van der Waals surface area contributed by atoms with E-state index < -0.39 is 35.9 Å². The van der Waals surface area contributed by atoms with E-state index in [0.29, 0.717) is 53.7 Å². The number of nitrogens with zero attached hydrogens (tertiary/aromatic N) is 2. The van der Waals surface area contributed by atoms with Crippen molar-refractivity contribution < 1.29 is 34.5 Å². The molecule has 7 N–H and O–H groups in total. The molecule has 57 heavy (non-hydrogen) atoms. The van der Waals surface area contributed by atoms with Crippen LogP contribution in [0.15, 0.2) is 72.8 Å². The topological polar surface area (TPSA) is 188 Å². The SMILES string of the molecule is NNC(=O)c1ccc(Cl)cc1.[C-]#[N+]c1ccc(CC(C(=O)O)[C@@H](C)O)c(C)c1Cl.[C-]#[N+]c1ccc(C[C@@H](C(=O)NCC(=O)c2ccc(Cl)cc2)[C@@H](C)O)c(C)c1Cl. The number of halogens is 4. The van der Waals surface area contributed by atoms with Gasteiger partial charge >= 0.3 is 5.97 Å². The largest absolute Gasteiger partial charge is 0.481 e. The molecule has 0 aliphatic rings. The Labute approximate surface area is 351 Å². The summed E-state index contributed by atoms with van der Waals surface area (Å²) in [7, 11) is 0. The first kappa shape index (κ1) is 48.1. The molecule has 0 saturated heterocycles. The van der Waals surface area contributed by atoms with Gasteiger partial charge in [0.2, 0.25) is 17.3 Å². The van der Waals surface area contributed by atoms with E-state index in [2.05, 4.69) is 15.0 Å². The van der Waals surface area contributed by atoms with Crippen molar-refractivity contribution in [3.05, 3.63) is 149 Å². The second-order valence-corrected chi connectivity index (χ2v) is 14.3. The van der Waals surface area contributed by atoms with E-state index in [1.54, 1.807) is 86.6 Å². The zero-order chi connectivity index (χ0) is 43.0. The third-order valence-corrected chi connectivity index (χ3v) is 10.2. The molecule has 4 aromatic carbocycles. The van der Waals surface area contributed by atoms with Crippen LogP contribution in [0, 0.1) is 38.8 Å². The number of carboxylic acids is 1. The Morgan fingerprint density at radius 2 is 1.09 bits per heavy atom. The average Bonchev–Trinajstić information content (AvgIpc) is 3.18. The number of nitrogen functional groups attached to an aromatic ring is 1. The van der Waals surface area contributed by atoms with E-state index in [1.807, 2.05) is 5.43 Å². The van der Waals surface area contributed by atoms with Crippen molar-refractivity contribution in [1.29, 1.82) is 0 Å². The van der Waals surface area contributed by atoms with Gasteiger partial charge in [-0.05, 0) is 111 Å². The minimum absolute atomic E-state index is 0.180. The maximum absolute atomic E-state index is 12.6. The molecule has 0 aliphatic heterocycles. The molecule has 4 aromatic rings. The Kier molecular flexibility index (Phi) is 19.6. The second kappa shape index (κ2) is 23.3. The van der Waals surface area contributed by atoms with Crippen molar-refractivity contribution in [2.24, 2.45) is 17.7 Å². The molecule has 4 rings (SSSR count). The highest BCUT2D eigenvalue weighted by molar-refractivity contribution is 6.34. The van der Waals surface area contributed by atoms with Gasteiger partial charge in [-0.2, -0.15) is 0 Å². The molecule has 0 spiro atoms. The number of hydrazine groups is 1. The molecule has 0 aliphatic carbocycles. The van der Waals surface area contributed by atoms with Gasteiger partial charge in [-0.3, -0.25) is 24.6 Å². The van der Waals surface area contributed by atoms with Crippen molar-refractivity contribution in [3.8, 4) is 0 Å². The van der Waals surface area contributed by atoms with Crippen LogP contribution in [0.25, 0.3) is 9.69 Å². The standard InChI is InChI=1S/C21H20Cl2N2O3.C13H14ClNO3.C7H7ClN2O/c1-12-15(6-9-18(24-3)20(12)23)10-17(13(2)26)21(28)25-11-19(27)14-4-7-16(22)8-5-14;1-7-9(4-5-11(15-3)12(7)14)6-10(8(2)16)13(17)18;8-6-3-1-5(2-4-6)7(11)10-9/h4-9,13,17,26H,10-11H2,1-2H3,(H,25,28);4-5,8,10,16H,6H2,1-2H3,(H,17,18);1-4H,9H2,(H,10,11)/t13-,17-;8-,10?;/m11./s1. The summed E-state index contributed by atoms with van der Waals surface area (Å²) in [5.74, 6) is 1.23. The van der Waals surface area contributed by atoms with Crippen molar-refractivity contribution >= 4 is 81.3 Å². The van der Waals surface area contributed by atoms with Crippen LogP contribution in [0.5, 0.6) is 0 Å². The third kappa shape index (κ3) is 14.5. The number of carbonyl (C=O) groups excluding carboxylic acids is 3. The summed E-state index contributed by atoms with van der Waals surface area (Å²) >= 11 is 23.6. The van der Waals surface area contributed by atoms with Gasteiger partial charge in [-0.25, -0.2) is 15.5 Å². The van der Waals surface area contributed by atoms with Gasteiger partial charge in [-0.1, -0.05) is 70.7 Å². The number of carbonyl (C=O) groups is 4. The molecular formula is C41H41Cl4N5O7. The number of hydrogen-bond donors (Lipinski definition) is 6. The Morgan fingerprint density at radius 1 is 0.684 bits per heavy atom. The number of nitrogens with one attached hydrogen (secondary N) is 2. The quantitative estimate of drug-likeness (QED) is 0.0271. The van der Waals surface area contributed by atoms with Crippen LogP contribution in [0.2, 0.25) is 20.1 Å². The minimum Gasteiger partial charge on any atom is -0.481 e. The van der Waals surface area contributed by atoms with Gasteiger partial charge in [0.1, 0.15) is 0 Å². The molecule has 0 saturated carbocycles. The zero-order valence-corrected chi connectivity index (χ0v) is 34.3. The summed E-state index contributed by atoms with van der Waals surface area (Å²) in [5, 5.41) is 32.9. The number of ketones is 1. The van der Waals surface area contributed by atoms with E-state index >= 15 is 0 Å². The minimum atomic E-state index is -1.05. The molecule has 16 heteroatoms. The lowest BCUT2D eigenvalue weighted by molar-refractivity contribution is -0.145. The molecule has 0 radical (unpaired) electrons. The van der Waals surface area contributed by atoms with Crippen LogP contribution in [0.4, 0.5) is 11.4 Å². The number of Topliss-reactive ketones (excluding diaryl/α,β-unsaturated/α-hetero) is 1. The summed E-state index contributed by atoms with van der Waals surface area (Å²) in [5.41, 5.74) is 6.54. The van der Waals surface area contributed by atoms with Gasteiger partial charge in [0, 0.05) is 21.2 Å². The van der Waals surface area contributed by atoms with Crippen molar-refractivity contribution in [3.63, 3.8) is 0 Å². The Balaban J connectivity index is 0.000000329. The fourth-order valence-corrected chi connectivity index (χ4v) is 5.88. The predicted octanol–water partition coefficient (Wildman–Crippen LogP) is 8.16. The van der Waals surface area contributed by atoms with Crippen LogP contribution in [0.3, 0.4) is 0 Å². The summed E-state index contributed by atoms with van der Waals surface area (Å²) in [6.45, 7) is 20.3. The summed E-state index contributed by atoms with van der Waals surface area (Å²) in [6, 6.07) is 19.4. The van der Waals surface area contributed by atoms with Gasteiger partial charge in [0.15, 0.2) is 5.78 Å². The van der Waals surface area contributed by atoms with E-state index in [4.69, 9.17) is 70.5 Å². The first-order chi connectivity index (χ1) is 26.9. The normalized spacial score (nSPS) is 12.4. The molecule has 0 heterocycles. The molecular weight excluding hydrogens is 816 g/mol. The first-order valence-corrected chi connectivity index (χ1v) is 18.6. The van der Waals surface area contributed by atoms with Gasteiger partial charge in [0.05, 0.1) is 53.8 Å². The number of rotatable bonds is 12. The van der Waals surface area contributed by atoms with Crippen molar-refractivity contribution in [2.75, 3.05) is 6.54 Å². The van der Waals surface area contributed by atoms with Gasteiger partial charge < -0.3 is 20.6 Å². The summed E-state index contributed by atoms with van der Waals surface area (Å²) < 4.78 is 0. The highest BCUT2D eigenvalue weighted by Gasteiger charge is 2.26. The average molecular weight is 858 g/mol. The zero-order valence-electron chi connectivity index (χ0n) is 31.3. The summed E-state index contributed by atoms with van der Waals surface area (Å²) in [4.78, 5) is 53.3. The van der Waals surface area contributed by atoms with Crippen molar-refractivity contribution in [1.82, 2.24) is 10.7 Å². The van der Waals surface area contributed by atoms with Crippen molar-refractivity contribution in [2.45, 2.75) is 52.7 Å². The van der Waals surface area contributed by atoms with Crippen LogP contribution >= 0.6 is 46.4 Å². The molecule has 0 aromatic heterocycles. The Hall–Kier alpha value is -5.02. The third-order valence-electron chi connectivity index (χ3n) is 8.72. The molecule has 1 unspecified atom stereocenters. The molecule has 300 valence electrons. The lowest BCUT2D eigenvalue weighted by Gasteiger charge is -2.21. The van der Waals surface area contributed by atoms with Gasteiger partial charge in [0.25, 0.3) is 5.91 Å². The van der Waals surface area contributed by atoms with Crippen LogP contribution in [-0.2, 0) is 22.4 Å².